The number of benzene rings is 1. The topological polar surface area (TPSA) is 57.6 Å². The zero-order valence-corrected chi connectivity index (χ0v) is 14.9. The lowest BCUT2D eigenvalue weighted by Crippen LogP contribution is -2.39. The van der Waals surface area contributed by atoms with Gasteiger partial charge in [0.1, 0.15) is 0 Å². The van der Waals surface area contributed by atoms with Crippen LogP contribution in [-0.4, -0.2) is 41.2 Å². The zero-order valence-electron chi connectivity index (χ0n) is 12.6. The average Bonchev–Trinajstić information content (AvgIpc) is 2.56. The molecule has 0 aromatic heterocycles. The average molecular weight is 374 g/mol. The Balaban J connectivity index is 2.02. The van der Waals surface area contributed by atoms with Crippen LogP contribution in [0.1, 0.15) is 18.4 Å². The molecule has 0 spiro atoms. The Kier molecular flexibility index (Phi) is 6.39. The monoisotopic (exact) mass is 373 g/mol. The van der Waals surface area contributed by atoms with Crippen molar-refractivity contribution in [1.82, 2.24) is 4.90 Å². The highest BCUT2D eigenvalue weighted by atomic mass is 35.5. The third kappa shape index (κ3) is 4.43. The largest absolute Gasteiger partial charge is 0.481 e. The third-order valence-corrected chi connectivity index (χ3v) is 5.65. The molecule has 7 heteroatoms. The van der Waals surface area contributed by atoms with Gasteiger partial charge < -0.3 is 10.0 Å². The van der Waals surface area contributed by atoms with Gasteiger partial charge in [-0.25, -0.2) is 0 Å². The van der Waals surface area contributed by atoms with Crippen LogP contribution in [0.15, 0.2) is 23.1 Å². The van der Waals surface area contributed by atoms with Crippen molar-refractivity contribution < 1.29 is 14.7 Å². The number of hydrogen-bond acceptors (Lipinski definition) is 3. The third-order valence-electron chi connectivity index (χ3n) is 3.86. The van der Waals surface area contributed by atoms with E-state index in [-0.39, 0.29) is 11.8 Å². The maximum atomic E-state index is 12.2. The van der Waals surface area contributed by atoms with Crippen molar-refractivity contribution in [2.75, 3.05) is 19.3 Å². The molecule has 1 amide bonds. The maximum Gasteiger partial charge on any atom is 0.306 e. The molecule has 1 aliphatic heterocycles. The summed E-state index contributed by atoms with van der Waals surface area (Å²) in [5, 5.41) is 9.87. The van der Waals surface area contributed by atoms with Crippen LogP contribution in [0.5, 0.6) is 0 Å². The Morgan fingerprint density at radius 1 is 1.26 bits per heavy atom. The van der Waals surface area contributed by atoms with Gasteiger partial charge in [-0.1, -0.05) is 29.3 Å². The summed E-state index contributed by atoms with van der Waals surface area (Å²) in [6.07, 6.45) is 5.99. The molecule has 0 atom stereocenters. The van der Waals surface area contributed by atoms with E-state index in [4.69, 9.17) is 28.3 Å². The second-order valence-electron chi connectivity index (χ2n) is 5.26. The minimum absolute atomic E-state index is 0.144. The SMILES string of the molecule is CSc1ccc(C=CC(=O)N2CCC(C(=O)O)CC2)c(Cl)c1Cl. The van der Waals surface area contributed by atoms with Crippen molar-refractivity contribution in [2.24, 2.45) is 5.92 Å². The Hall–Kier alpha value is -1.17. The van der Waals surface area contributed by atoms with Gasteiger partial charge in [0.2, 0.25) is 5.91 Å². The van der Waals surface area contributed by atoms with E-state index >= 15 is 0 Å². The molecule has 0 aliphatic carbocycles. The molecule has 0 saturated carbocycles. The van der Waals surface area contributed by atoms with Gasteiger partial charge in [0.05, 0.1) is 16.0 Å². The van der Waals surface area contributed by atoms with Crippen molar-refractivity contribution in [1.29, 1.82) is 0 Å². The van der Waals surface area contributed by atoms with Crippen LogP contribution >= 0.6 is 35.0 Å². The van der Waals surface area contributed by atoms with Gasteiger partial charge in [0.15, 0.2) is 0 Å². The molecule has 1 heterocycles. The van der Waals surface area contributed by atoms with Crippen molar-refractivity contribution >= 4 is 52.9 Å². The van der Waals surface area contributed by atoms with E-state index in [1.54, 1.807) is 11.0 Å². The first-order valence-corrected chi connectivity index (χ1v) is 9.14. The summed E-state index contributed by atoms with van der Waals surface area (Å²) in [5.74, 6) is -1.28. The second-order valence-corrected chi connectivity index (χ2v) is 6.86. The summed E-state index contributed by atoms with van der Waals surface area (Å²) in [6.45, 7) is 0.917. The molecule has 0 bridgehead atoms. The zero-order chi connectivity index (χ0) is 17.0. The number of thioether (sulfide) groups is 1. The van der Waals surface area contributed by atoms with E-state index in [0.717, 1.165) is 4.90 Å². The summed E-state index contributed by atoms with van der Waals surface area (Å²) in [6, 6.07) is 3.68. The predicted octanol–water partition coefficient (Wildman–Crippen LogP) is 4.05. The summed E-state index contributed by atoms with van der Waals surface area (Å²) < 4.78 is 0. The first kappa shape index (κ1) is 18.2. The number of hydrogen-bond donors (Lipinski definition) is 1. The van der Waals surface area contributed by atoms with Crippen molar-refractivity contribution in [2.45, 2.75) is 17.7 Å². The summed E-state index contributed by atoms with van der Waals surface area (Å²) >= 11 is 13.9. The molecule has 1 fully saturated rings. The number of carboxylic acid groups (broad SMARTS) is 1. The smallest absolute Gasteiger partial charge is 0.306 e. The highest BCUT2D eigenvalue weighted by Gasteiger charge is 2.26. The Bertz CT molecular complexity index is 640. The molecule has 0 unspecified atom stereocenters. The molecule has 0 radical (unpaired) electrons. The first-order chi connectivity index (χ1) is 10.9. The summed E-state index contributed by atoms with van der Waals surface area (Å²) in [4.78, 5) is 25.6. The van der Waals surface area contributed by atoms with Crippen LogP contribution < -0.4 is 0 Å². The van der Waals surface area contributed by atoms with Crippen LogP contribution in [0, 0.1) is 5.92 Å². The number of carbonyl (C=O) groups is 2. The molecule has 23 heavy (non-hydrogen) atoms. The van der Waals surface area contributed by atoms with E-state index in [1.807, 2.05) is 18.4 Å². The number of amides is 1. The molecule has 4 nitrogen and oxygen atoms in total. The number of likely N-dealkylation sites (tertiary alicyclic amines) is 1. The Labute approximate surface area is 149 Å². The van der Waals surface area contributed by atoms with Crippen LogP contribution in [-0.2, 0) is 9.59 Å². The van der Waals surface area contributed by atoms with Crippen LogP contribution in [0.25, 0.3) is 6.08 Å². The second kappa shape index (κ2) is 8.08. The first-order valence-electron chi connectivity index (χ1n) is 7.15. The lowest BCUT2D eigenvalue weighted by atomic mass is 9.97. The molecule has 124 valence electrons. The molecule has 1 aliphatic rings. The van der Waals surface area contributed by atoms with Gasteiger partial charge >= 0.3 is 5.97 Å². The van der Waals surface area contributed by atoms with Crippen LogP contribution in [0.4, 0.5) is 0 Å². The molecule has 2 rings (SSSR count). The van der Waals surface area contributed by atoms with Crippen molar-refractivity contribution in [3.8, 4) is 0 Å². The molecule has 1 N–H and O–H groups in total. The molecule has 1 saturated heterocycles. The predicted molar refractivity (Wildman–Crippen MR) is 94.2 cm³/mol. The fraction of sp³-hybridized carbons (Fsp3) is 0.375. The lowest BCUT2D eigenvalue weighted by molar-refractivity contribution is -0.144. The fourth-order valence-electron chi connectivity index (χ4n) is 2.45. The lowest BCUT2D eigenvalue weighted by Gasteiger charge is -2.29. The van der Waals surface area contributed by atoms with E-state index in [2.05, 4.69) is 0 Å². The van der Waals surface area contributed by atoms with Gasteiger partial charge in [-0.05, 0) is 36.8 Å². The van der Waals surface area contributed by atoms with Gasteiger partial charge in [-0.15, -0.1) is 11.8 Å². The highest BCUT2D eigenvalue weighted by molar-refractivity contribution is 7.98. The van der Waals surface area contributed by atoms with E-state index in [9.17, 15) is 9.59 Å². The summed E-state index contributed by atoms with van der Waals surface area (Å²) in [5.41, 5.74) is 0.684. The number of carbonyl (C=O) groups excluding carboxylic acids is 1. The van der Waals surface area contributed by atoms with E-state index < -0.39 is 5.97 Å². The van der Waals surface area contributed by atoms with Gasteiger partial charge in [-0.2, -0.15) is 0 Å². The van der Waals surface area contributed by atoms with Crippen molar-refractivity contribution in [3.63, 3.8) is 0 Å². The fourth-order valence-corrected chi connectivity index (χ4v) is 3.62. The van der Waals surface area contributed by atoms with Crippen LogP contribution in [0.2, 0.25) is 10.0 Å². The number of halogens is 2. The van der Waals surface area contributed by atoms with E-state index in [1.165, 1.54) is 17.8 Å². The van der Waals surface area contributed by atoms with Gasteiger partial charge in [0, 0.05) is 24.1 Å². The standard InChI is InChI=1S/C16H17Cl2NO3S/c1-23-12-4-2-10(14(17)15(12)18)3-5-13(20)19-8-6-11(7-9-19)16(21)22/h2-5,11H,6-9H2,1H3,(H,21,22). The normalized spacial score (nSPS) is 16.0. The minimum atomic E-state index is -0.789. The van der Waals surface area contributed by atoms with Crippen molar-refractivity contribution in [3.05, 3.63) is 33.8 Å². The number of carboxylic acids is 1. The molecule has 1 aromatic rings. The number of piperidine rings is 1. The van der Waals surface area contributed by atoms with Crippen LogP contribution in [0.3, 0.4) is 0 Å². The molecule has 1 aromatic carbocycles. The number of rotatable bonds is 4. The maximum absolute atomic E-state index is 12.2. The number of nitrogens with zero attached hydrogens (tertiary/aromatic N) is 1. The highest BCUT2D eigenvalue weighted by Crippen LogP contribution is 2.35. The molecular weight excluding hydrogens is 357 g/mol. The Morgan fingerprint density at radius 3 is 2.48 bits per heavy atom. The van der Waals surface area contributed by atoms with Gasteiger partial charge in [0.25, 0.3) is 0 Å². The van der Waals surface area contributed by atoms with E-state index in [0.29, 0.717) is 41.5 Å². The number of aliphatic carboxylic acids is 1. The minimum Gasteiger partial charge on any atom is -0.481 e. The quantitative estimate of drug-likeness (QED) is 0.638. The molecular formula is C16H17Cl2NO3S. The van der Waals surface area contributed by atoms with Gasteiger partial charge in [-0.3, -0.25) is 9.59 Å². The Morgan fingerprint density at radius 2 is 1.91 bits per heavy atom. The summed E-state index contributed by atoms with van der Waals surface area (Å²) in [7, 11) is 0.